The topological polar surface area (TPSA) is 95.3 Å². The SMILES string of the molecule is CC(=O)Nc1cc(C(=O)N2CCC3(CC2)OCc2cc(C#N)ccc23)cnc1C. The maximum absolute atomic E-state index is 13.0. The van der Waals surface area contributed by atoms with Gasteiger partial charge in [-0.25, -0.2) is 0 Å². The van der Waals surface area contributed by atoms with Crippen molar-refractivity contribution in [2.75, 3.05) is 18.4 Å². The number of anilines is 1. The Morgan fingerprint density at radius 1 is 1.28 bits per heavy atom. The molecule has 1 aromatic carbocycles. The van der Waals surface area contributed by atoms with Crippen molar-refractivity contribution in [1.29, 1.82) is 5.26 Å². The van der Waals surface area contributed by atoms with E-state index in [-0.39, 0.29) is 17.4 Å². The minimum Gasteiger partial charge on any atom is -0.365 e. The number of piperidine rings is 1. The first kappa shape index (κ1) is 19.1. The van der Waals surface area contributed by atoms with Gasteiger partial charge in [-0.15, -0.1) is 0 Å². The van der Waals surface area contributed by atoms with Gasteiger partial charge in [0, 0.05) is 26.2 Å². The number of carbonyl (C=O) groups is 2. The fourth-order valence-electron chi connectivity index (χ4n) is 4.15. The van der Waals surface area contributed by atoms with Crippen molar-refractivity contribution in [2.24, 2.45) is 0 Å². The van der Waals surface area contributed by atoms with Crippen molar-refractivity contribution in [3.8, 4) is 6.07 Å². The molecule has 1 spiro atoms. The lowest BCUT2D eigenvalue weighted by atomic mass is 9.83. The molecule has 1 fully saturated rings. The largest absolute Gasteiger partial charge is 0.365 e. The lowest BCUT2D eigenvalue weighted by Crippen LogP contribution is -2.45. The Kier molecular flexibility index (Phi) is 4.81. The Labute approximate surface area is 169 Å². The number of amides is 2. The van der Waals surface area contributed by atoms with Gasteiger partial charge in [-0.2, -0.15) is 5.26 Å². The van der Waals surface area contributed by atoms with E-state index in [1.165, 1.54) is 6.92 Å². The lowest BCUT2D eigenvalue weighted by Gasteiger charge is -2.39. The smallest absolute Gasteiger partial charge is 0.255 e. The van der Waals surface area contributed by atoms with E-state index in [2.05, 4.69) is 16.4 Å². The first-order valence-electron chi connectivity index (χ1n) is 9.63. The standard InChI is InChI=1S/C22H22N4O3/c1-14-20(25-15(2)27)10-17(12-24-14)21(28)26-7-5-22(6-8-26)19-4-3-16(11-23)9-18(19)13-29-22/h3-4,9-10,12H,5-8,13H2,1-2H3,(H,25,27). The molecule has 7 nitrogen and oxygen atoms in total. The van der Waals surface area contributed by atoms with Crippen LogP contribution >= 0.6 is 0 Å². The van der Waals surface area contributed by atoms with Gasteiger partial charge in [-0.05, 0) is 49.1 Å². The number of likely N-dealkylation sites (tertiary alicyclic amines) is 1. The van der Waals surface area contributed by atoms with E-state index in [9.17, 15) is 9.59 Å². The molecule has 0 radical (unpaired) electrons. The number of ether oxygens (including phenoxy) is 1. The minimum absolute atomic E-state index is 0.1000. The molecule has 0 aliphatic carbocycles. The van der Waals surface area contributed by atoms with E-state index in [4.69, 9.17) is 10.00 Å². The van der Waals surface area contributed by atoms with Gasteiger partial charge in [0.15, 0.2) is 0 Å². The van der Waals surface area contributed by atoms with Crippen molar-refractivity contribution < 1.29 is 14.3 Å². The highest BCUT2D eigenvalue weighted by molar-refractivity contribution is 5.96. The van der Waals surface area contributed by atoms with E-state index >= 15 is 0 Å². The molecule has 7 heteroatoms. The highest BCUT2D eigenvalue weighted by atomic mass is 16.5. The predicted octanol–water partition coefficient (Wildman–Crippen LogP) is 2.88. The predicted molar refractivity (Wildman–Crippen MR) is 106 cm³/mol. The average Bonchev–Trinajstić information content (AvgIpc) is 3.07. The van der Waals surface area contributed by atoms with Crippen LogP contribution in [-0.4, -0.2) is 34.8 Å². The van der Waals surface area contributed by atoms with E-state index in [0.29, 0.717) is 55.0 Å². The molecule has 4 rings (SSSR count). The molecule has 0 atom stereocenters. The molecule has 1 saturated heterocycles. The Morgan fingerprint density at radius 2 is 2.03 bits per heavy atom. The summed E-state index contributed by atoms with van der Waals surface area (Å²) >= 11 is 0. The number of carbonyl (C=O) groups excluding carboxylic acids is 2. The molecule has 3 heterocycles. The second-order valence-electron chi connectivity index (χ2n) is 7.60. The van der Waals surface area contributed by atoms with Crippen molar-refractivity contribution >= 4 is 17.5 Å². The molecular weight excluding hydrogens is 368 g/mol. The molecule has 1 aromatic heterocycles. The highest BCUT2D eigenvalue weighted by Crippen LogP contribution is 2.44. The Bertz CT molecular complexity index is 1030. The van der Waals surface area contributed by atoms with Gasteiger partial charge in [-0.3, -0.25) is 14.6 Å². The summed E-state index contributed by atoms with van der Waals surface area (Å²) in [6.07, 6.45) is 2.96. The van der Waals surface area contributed by atoms with Crippen LogP contribution in [0.15, 0.2) is 30.5 Å². The van der Waals surface area contributed by atoms with Crippen LogP contribution in [0.1, 0.15) is 52.5 Å². The first-order valence-corrected chi connectivity index (χ1v) is 9.63. The van der Waals surface area contributed by atoms with Crippen molar-refractivity contribution in [2.45, 2.75) is 38.9 Å². The molecule has 148 valence electrons. The summed E-state index contributed by atoms with van der Waals surface area (Å²) in [6, 6.07) is 9.56. The van der Waals surface area contributed by atoms with E-state index < -0.39 is 0 Å². The monoisotopic (exact) mass is 390 g/mol. The summed E-state index contributed by atoms with van der Waals surface area (Å²) in [4.78, 5) is 30.4. The molecule has 0 unspecified atom stereocenters. The molecule has 0 saturated carbocycles. The van der Waals surface area contributed by atoms with Crippen LogP contribution in [0.25, 0.3) is 0 Å². The molecule has 2 amide bonds. The Balaban J connectivity index is 1.49. The number of aryl methyl sites for hydroxylation is 1. The highest BCUT2D eigenvalue weighted by Gasteiger charge is 2.43. The van der Waals surface area contributed by atoms with Crippen LogP contribution in [0.5, 0.6) is 0 Å². The van der Waals surface area contributed by atoms with E-state index in [0.717, 1.165) is 11.1 Å². The summed E-state index contributed by atoms with van der Waals surface area (Å²) in [5.74, 6) is -0.298. The Hall–Kier alpha value is -3.24. The van der Waals surface area contributed by atoms with E-state index in [1.807, 2.05) is 18.2 Å². The van der Waals surface area contributed by atoms with Gasteiger partial charge in [0.05, 0.1) is 40.8 Å². The summed E-state index contributed by atoms with van der Waals surface area (Å²) < 4.78 is 6.16. The maximum Gasteiger partial charge on any atom is 0.255 e. The summed E-state index contributed by atoms with van der Waals surface area (Å²) in [5, 5.41) is 11.8. The summed E-state index contributed by atoms with van der Waals surface area (Å²) in [7, 11) is 0. The maximum atomic E-state index is 13.0. The zero-order valence-corrected chi connectivity index (χ0v) is 16.5. The van der Waals surface area contributed by atoms with Crippen molar-refractivity contribution in [1.82, 2.24) is 9.88 Å². The van der Waals surface area contributed by atoms with Crippen molar-refractivity contribution in [3.05, 3.63) is 58.4 Å². The fraction of sp³-hybridized carbons (Fsp3) is 0.364. The van der Waals surface area contributed by atoms with Crippen LogP contribution in [0.4, 0.5) is 5.69 Å². The molecule has 0 bridgehead atoms. The second-order valence-corrected chi connectivity index (χ2v) is 7.60. The number of hydrogen-bond acceptors (Lipinski definition) is 5. The van der Waals surface area contributed by atoms with Gasteiger partial charge in [0.25, 0.3) is 5.91 Å². The Morgan fingerprint density at radius 3 is 2.72 bits per heavy atom. The number of rotatable bonds is 2. The zero-order valence-electron chi connectivity index (χ0n) is 16.5. The average molecular weight is 390 g/mol. The molecule has 29 heavy (non-hydrogen) atoms. The summed E-state index contributed by atoms with van der Waals surface area (Å²) in [5.41, 5.74) is 4.13. The van der Waals surface area contributed by atoms with Gasteiger partial charge < -0.3 is 15.0 Å². The van der Waals surface area contributed by atoms with Crippen LogP contribution in [0, 0.1) is 18.3 Å². The number of nitrogens with one attached hydrogen (secondary N) is 1. The molecule has 2 aliphatic heterocycles. The summed E-state index contributed by atoms with van der Waals surface area (Å²) in [6.45, 7) is 4.86. The zero-order chi connectivity index (χ0) is 20.6. The van der Waals surface area contributed by atoms with Gasteiger partial charge in [-0.1, -0.05) is 6.07 Å². The second kappa shape index (κ2) is 7.30. The number of nitriles is 1. The molecule has 2 aliphatic rings. The number of pyridine rings is 1. The third kappa shape index (κ3) is 3.47. The van der Waals surface area contributed by atoms with Gasteiger partial charge >= 0.3 is 0 Å². The normalized spacial score (nSPS) is 16.9. The van der Waals surface area contributed by atoms with Crippen LogP contribution in [0.2, 0.25) is 0 Å². The van der Waals surface area contributed by atoms with Gasteiger partial charge in [0.1, 0.15) is 0 Å². The first-order chi connectivity index (χ1) is 13.9. The van der Waals surface area contributed by atoms with Crippen molar-refractivity contribution in [3.63, 3.8) is 0 Å². The molecular formula is C22H22N4O3. The number of fused-ring (bicyclic) bond motifs is 2. The van der Waals surface area contributed by atoms with Crippen LogP contribution in [0.3, 0.4) is 0 Å². The third-order valence-corrected chi connectivity index (χ3v) is 5.73. The molecule has 2 aromatic rings. The minimum atomic E-state index is -0.382. The quantitative estimate of drug-likeness (QED) is 0.851. The third-order valence-electron chi connectivity index (χ3n) is 5.73. The number of hydrogen-bond donors (Lipinski definition) is 1. The van der Waals surface area contributed by atoms with Crippen LogP contribution < -0.4 is 5.32 Å². The van der Waals surface area contributed by atoms with Crippen LogP contribution in [-0.2, 0) is 21.7 Å². The fourth-order valence-corrected chi connectivity index (χ4v) is 4.15. The van der Waals surface area contributed by atoms with E-state index in [1.54, 1.807) is 24.1 Å². The number of nitrogens with zero attached hydrogens (tertiary/aromatic N) is 3. The van der Waals surface area contributed by atoms with Gasteiger partial charge in [0.2, 0.25) is 5.91 Å². The lowest BCUT2D eigenvalue weighted by molar-refractivity contribution is -0.114. The number of aromatic nitrogens is 1. The number of benzene rings is 1. The molecule has 1 N–H and O–H groups in total.